The van der Waals surface area contributed by atoms with Crippen LogP contribution in [0.15, 0.2) is 12.3 Å². The third kappa shape index (κ3) is 3.44. The Morgan fingerprint density at radius 2 is 1.88 bits per heavy atom. The summed E-state index contributed by atoms with van der Waals surface area (Å²) in [6.45, 7) is 2.72. The SMILES string of the molecule is Cl.FC(F)(F)c1ccnc(N2CCNCC2)n1. The highest BCUT2D eigenvalue weighted by molar-refractivity contribution is 5.85. The molecule has 2 rings (SSSR count). The Morgan fingerprint density at radius 3 is 2.47 bits per heavy atom. The Morgan fingerprint density at radius 1 is 1.24 bits per heavy atom. The Balaban J connectivity index is 0.00000144. The zero-order valence-electron chi connectivity index (χ0n) is 8.87. The van der Waals surface area contributed by atoms with E-state index in [0.29, 0.717) is 13.1 Å². The quantitative estimate of drug-likeness (QED) is 0.834. The van der Waals surface area contributed by atoms with Crippen molar-refractivity contribution in [1.29, 1.82) is 0 Å². The van der Waals surface area contributed by atoms with E-state index in [1.807, 2.05) is 0 Å². The molecule has 0 bridgehead atoms. The lowest BCUT2D eigenvalue weighted by Gasteiger charge is -2.27. The molecule has 0 saturated carbocycles. The predicted molar refractivity (Wildman–Crippen MR) is 59.4 cm³/mol. The number of hydrogen-bond donors (Lipinski definition) is 1. The lowest BCUT2D eigenvalue weighted by Crippen LogP contribution is -2.44. The molecule has 0 aliphatic carbocycles. The van der Waals surface area contributed by atoms with Gasteiger partial charge in [-0.05, 0) is 6.07 Å². The summed E-state index contributed by atoms with van der Waals surface area (Å²) in [5, 5.41) is 3.11. The minimum Gasteiger partial charge on any atom is -0.338 e. The van der Waals surface area contributed by atoms with Crippen molar-refractivity contribution in [3.63, 3.8) is 0 Å². The Labute approximate surface area is 103 Å². The molecule has 1 fully saturated rings. The number of hydrogen-bond acceptors (Lipinski definition) is 4. The van der Waals surface area contributed by atoms with Gasteiger partial charge in [-0.2, -0.15) is 13.2 Å². The summed E-state index contributed by atoms with van der Waals surface area (Å²) >= 11 is 0. The number of anilines is 1. The molecule has 17 heavy (non-hydrogen) atoms. The van der Waals surface area contributed by atoms with Gasteiger partial charge in [-0.3, -0.25) is 0 Å². The lowest BCUT2D eigenvalue weighted by atomic mass is 10.3. The molecule has 0 unspecified atom stereocenters. The topological polar surface area (TPSA) is 41.1 Å². The molecule has 1 aliphatic heterocycles. The maximum Gasteiger partial charge on any atom is 0.433 e. The second-order valence-electron chi connectivity index (χ2n) is 3.48. The monoisotopic (exact) mass is 268 g/mol. The number of alkyl halides is 3. The summed E-state index contributed by atoms with van der Waals surface area (Å²) < 4.78 is 37.2. The average Bonchev–Trinajstić information content (AvgIpc) is 2.29. The minimum absolute atomic E-state index is 0. The van der Waals surface area contributed by atoms with Gasteiger partial charge >= 0.3 is 6.18 Å². The molecular weight excluding hydrogens is 257 g/mol. The fraction of sp³-hybridized carbons (Fsp3) is 0.556. The number of rotatable bonds is 1. The molecule has 8 heteroatoms. The molecule has 0 radical (unpaired) electrons. The number of nitrogens with zero attached hydrogens (tertiary/aromatic N) is 3. The van der Waals surface area contributed by atoms with Crippen molar-refractivity contribution < 1.29 is 13.2 Å². The summed E-state index contributed by atoms with van der Waals surface area (Å²) in [6, 6.07) is 0.881. The third-order valence-corrected chi connectivity index (χ3v) is 2.33. The summed E-state index contributed by atoms with van der Waals surface area (Å²) in [5.74, 6) is 0.149. The fourth-order valence-corrected chi connectivity index (χ4v) is 1.52. The van der Waals surface area contributed by atoms with Gasteiger partial charge in [-0.25, -0.2) is 9.97 Å². The zero-order valence-corrected chi connectivity index (χ0v) is 9.68. The molecule has 1 saturated heterocycles. The van der Waals surface area contributed by atoms with E-state index in [-0.39, 0.29) is 18.4 Å². The zero-order chi connectivity index (χ0) is 11.6. The van der Waals surface area contributed by atoms with Crippen LogP contribution >= 0.6 is 12.4 Å². The van der Waals surface area contributed by atoms with Crippen LogP contribution < -0.4 is 10.2 Å². The van der Waals surface area contributed by atoms with Gasteiger partial charge in [-0.1, -0.05) is 0 Å². The molecule has 0 amide bonds. The van der Waals surface area contributed by atoms with E-state index in [9.17, 15) is 13.2 Å². The molecular formula is C9H12ClF3N4. The molecule has 1 aliphatic rings. The highest BCUT2D eigenvalue weighted by Crippen LogP contribution is 2.28. The highest BCUT2D eigenvalue weighted by Gasteiger charge is 2.33. The first-order valence-corrected chi connectivity index (χ1v) is 4.93. The van der Waals surface area contributed by atoms with Crippen molar-refractivity contribution in [2.45, 2.75) is 6.18 Å². The largest absolute Gasteiger partial charge is 0.433 e. The summed E-state index contributed by atoms with van der Waals surface area (Å²) in [7, 11) is 0. The molecule has 1 aromatic rings. The first-order valence-electron chi connectivity index (χ1n) is 4.93. The van der Waals surface area contributed by atoms with E-state index >= 15 is 0 Å². The van der Waals surface area contributed by atoms with Crippen LogP contribution in [0.5, 0.6) is 0 Å². The standard InChI is InChI=1S/C9H11F3N4.ClH/c10-9(11,12)7-1-2-14-8(15-7)16-5-3-13-4-6-16;/h1-2,13H,3-6H2;1H. The van der Waals surface area contributed by atoms with Gasteiger partial charge in [0.05, 0.1) is 0 Å². The maximum absolute atomic E-state index is 12.4. The lowest BCUT2D eigenvalue weighted by molar-refractivity contribution is -0.141. The van der Waals surface area contributed by atoms with Gasteiger partial charge in [-0.15, -0.1) is 12.4 Å². The van der Waals surface area contributed by atoms with Gasteiger partial charge in [0.15, 0.2) is 0 Å². The number of nitrogens with one attached hydrogen (secondary N) is 1. The molecule has 0 aromatic carbocycles. The van der Waals surface area contributed by atoms with E-state index in [4.69, 9.17) is 0 Å². The van der Waals surface area contributed by atoms with Crippen molar-refractivity contribution in [2.75, 3.05) is 31.1 Å². The van der Waals surface area contributed by atoms with Gasteiger partial charge in [0, 0.05) is 32.4 Å². The summed E-state index contributed by atoms with van der Waals surface area (Å²) in [6.07, 6.45) is -3.26. The van der Waals surface area contributed by atoms with E-state index in [2.05, 4.69) is 15.3 Å². The van der Waals surface area contributed by atoms with Crippen LogP contribution in [0.3, 0.4) is 0 Å². The first-order chi connectivity index (χ1) is 7.57. The molecule has 1 N–H and O–H groups in total. The number of halogens is 4. The summed E-state index contributed by atoms with van der Waals surface area (Å²) in [5.41, 5.74) is -0.893. The van der Waals surface area contributed by atoms with Crippen LogP contribution in [0.25, 0.3) is 0 Å². The average molecular weight is 269 g/mol. The van der Waals surface area contributed by atoms with Crippen molar-refractivity contribution in [1.82, 2.24) is 15.3 Å². The molecule has 0 spiro atoms. The van der Waals surface area contributed by atoms with Gasteiger partial charge in [0.2, 0.25) is 5.95 Å². The van der Waals surface area contributed by atoms with Gasteiger partial charge in [0.25, 0.3) is 0 Å². The Hall–Kier alpha value is -1.08. The molecule has 1 aromatic heterocycles. The molecule has 96 valence electrons. The van der Waals surface area contributed by atoms with Gasteiger partial charge < -0.3 is 10.2 Å². The normalized spacial score (nSPS) is 16.5. The van der Waals surface area contributed by atoms with E-state index in [1.165, 1.54) is 0 Å². The van der Waals surface area contributed by atoms with Crippen LogP contribution in [-0.2, 0) is 6.18 Å². The smallest absolute Gasteiger partial charge is 0.338 e. The van der Waals surface area contributed by atoms with Crippen molar-refractivity contribution in [2.24, 2.45) is 0 Å². The van der Waals surface area contributed by atoms with E-state index in [1.54, 1.807) is 4.90 Å². The van der Waals surface area contributed by atoms with E-state index < -0.39 is 11.9 Å². The second kappa shape index (κ2) is 5.50. The maximum atomic E-state index is 12.4. The highest BCUT2D eigenvalue weighted by atomic mass is 35.5. The molecule has 4 nitrogen and oxygen atoms in total. The Kier molecular flexibility index (Phi) is 4.53. The first kappa shape index (κ1) is 14.0. The Bertz CT molecular complexity index is 366. The molecule has 2 heterocycles. The number of aromatic nitrogens is 2. The minimum atomic E-state index is -4.41. The summed E-state index contributed by atoms with van der Waals surface area (Å²) in [4.78, 5) is 9.14. The van der Waals surface area contributed by atoms with Gasteiger partial charge in [0.1, 0.15) is 5.69 Å². The second-order valence-corrected chi connectivity index (χ2v) is 3.48. The van der Waals surface area contributed by atoms with E-state index in [0.717, 1.165) is 25.4 Å². The van der Waals surface area contributed by atoms with Crippen LogP contribution in [0, 0.1) is 0 Å². The molecule has 0 atom stereocenters. The van der Waals surface area contributed by atoms with Crippen molar-refractivity contribution >= 4 is 18.4 Å². The predicted octanol–water partition coefficient (Wildman–Crippen LogP) is 1.33. The number of piperazine rings is 1. The van der Waals surface area contributed by atoms with Crippen LogP contribution in [0.1, 0.15) is 5.69 Å². The van der Waals surface area contributed by atoms with Crippen molar-refractivity contribution in [3.05, 3.63) is 18.0 Å². The van der Waals surface area contributed by atoms with Crippen LogP contribution in [0.2, 0.25) is 0 Å². The fourth-order valence-electron chi connectivity index (χ4n) is 1.52. The van der Waals surface area contributed by atoms with Crippen LogP contribution in [-0.4, -0.2) is 36.1 Å². The van der Waals surface area contributed by atoms with Crippen LogP contribution in [0.4, 0.5) is 19.1 Å². The third-order valence-electron chi connectivity index (χ3n) is 2.33. The van der Waals surface area contributed by atoms with Crippen molar-refractivity contribution in [3.8, 4) is 0 Å².